The Labute approximate surface area is 124 Å². The molecule has 1 fully saturated rings. The molecular formula is C17H23F3O. The minimum atomic E-state index is -4.25. The quantitative estimate of drug-likeness (QED) is 0.653. The van der Waals surface area contributed by atoms with Crippen LogP contribution in [0.2, 0.25) is 0 Å². The second kappa shape index (κ2) is 7.30. The third kappa shape index (κ3) is 5.03. The Kier molecular flexibility index (Phi) is 5.68. The molecule has 0 saturated heterocycles. The fourth-order valence-electron chi connectivity index (χ4n) is 2.93. The maximum Gasteiger partial charge on any atom is 0.416 e. The van der Waals surface area contributed by atoms with E-state index < -0.39 is 11.7 Å². The zero-order valence-electron chi connectivity index (χ0n) is 12.5. The number of alkyl halides is 3. The van der Waals surface area contributed by atoms with Crippen LogP contribution in [0.1, 0.15) is 50.2 Å². The van der Waals surface area contributed by atoms with Crippen LogP contribution < -0.4 is 0 Å². The van der Waals surface area contributed by atoms with Crippen molar-refractivity contribution in [2.24, 2.45) is 5.92 Å². The molecule has 118 valence electrons. The van der Waals surface area contributed by atoms with E-state index in [2.05, 4.69) is 6.92 Å². The topological polar surface area (TPSA) is 9.23 Å². The molecule has 1 aromatic carbocycles. The molecule has 0 amide bonds. The van der Waals surface area contributed by atoms with Gasteiger partial charge >= 0.3 is 6.18 Å². The lowest BCUT2D eigenvalue weighted by molar-refractivity contribution is -0.137. The van der Waals surface area contributed by atoms with Gasteiger partial charge in [0, 0.05) is 6.61 Å². The van der Waals surface area contributed by atoms with Crippen molar-refractivity contribution in [2.45, 2.75) is 57.7 Å². The molecule has 1 nitrogen and oxygen atoms in total. The number of unbranched alkanes of at least 4 members (excludes halogenated alkanes) is 1. The highest BCUT2D eigenvalue weighted by molar-refractivity contribution is 5.25. The fourth-order valence-corrected chi connectivity index (χ4v) is 2.93. The average molecular weight is 300 g/mol. The van der Waals surface area contributed by atoms with Crippen molar-refractivity contribution >= 4 is 0 Å². The van der Waals surface area contributed by atoms with E-state index in [0.29, 0.717) is 25.0 Å². The van der Waals surface area contributed by atoms with Gasteiger partial charge in [-0.3, -0.25) is 0 Å². The summed E-state index contributed by atoms with van der Waals surface area (Å²) < 4.78 is 43.7. The monoisotopic (exact) mass is 300 g/mol. The minimum absolute atomic E-state index is 0.388. The molecular weight excluding hydrogens is 277 g/mol. The van der Waals surface area contributed by atoms with E-state index in [0.717, 1.165) is 30.9 Å². The van der Waals surface area contributed by atoms with E-state index in [1.54, 1.807) is 6.07 Å². The van der Waals surface area contributed by atoms with Gasteiger partial charge < -0.3 is 4.74 Å². The molecule has 0 aliphatic heterocycles. The Hall–Kier alpha value is -1.03. The van der Waals surface area contributed by atoms with Crippen LogP contribution in [0.25, 0.3) is 0 Å². The van der Waals surface area contributed by atoms with E-state index in [4.69, 9.17) is 4.74 Å². The highest BCUT2D eigenvalue weighted by Crippen LogP contribution is 2.30. The third-order valence-corrected chi connectivity index (χ3v) is 4.23. The van der Waals surface area contributed by atoms with Crippen molar-refractivity contribution in [1.82, 2.24) is 0 Å². The standard InChI is InChI=1S/C17H23F3O/c1-13-6-4-10-16(13)21-11-3-2-7-14-8-5-9-15(12-14)17(18,19)20/h5,8-9,12-13,16H,2-4,6-7,10-11H2,1H3. The molecule has 1 aliphatic rings. The van der Waals surface area contributed by atoms with Crippen LogP contribution in [0.3, 0.4) is 0 Å². The maximum absolute atomic E-state index is 12.6. The molecule has 0 heterocycles. The summed E-state index contributed by atoms with van der Waals surface area (Å²) in [5.41, 5.74) is 0.190. The van der Waals surface area contributed by atoms with Gasteiger partial charge in [-0.2, -0.15) is 13.2 Å². The lowest BCUT2D eigenvalue weighted by Gasteiger charge is -2.16. The highest BCUT2D eigenvalue weighted by Gasteiger charge is 2.30. The Morgan fingerprint density at radius 2 is 2.00 bits per heavy atom. The van der Waals surface area contributed by atoms with Crippen LogP contribution in [0.5, 0.6) is 0 Å². The van der Waals surface area contributed by atoms with Crippen LogP contribution in [0, 0.1) is 5.92 Å². The number of benzene rings is 1. The molecule has 0 radical (unpaired) electrons. The molecule has 2 unspecified atom stereocenters. The zero-order valence-corrected chi connectivity index (χ0v) is 12.5. The Morgan fingerprint density at radius 1 is 1.19 bits per heavy atom. The van der Waals surface area contributed by atoms with Gasteiger partial charge in [-0.05, 0) is 49.7 Å². The number of ether oxygens (including phenoxy) is 1. The van der Waals surface area contributed by atoms with E-state index >= 15 is 0 Å². The van der Waals surface area contributed by atoms with Gasteiger partial charge in [0.2, 0.25) is 0 Å². The van der Waals surface area contributed by atoms with Gasteiger partial charge in [-0.1, -0.05) is 31.5 Å². The second-order valence-corrected chi connectivity index (χ2v) is 5.97. The molecule has 0 N–H and O–H groups in total. The lowest BCUT2D eigenvalue weighted by atomic mass is 10.1. The summed E-state index contributed by atoms with van der Waals surface area (Å²) in [5.74, 6) is 0.647. The third-order valence-electron chi connectivity index (χ3n) is 4.23. The zero-order chi connectivity index (χ0) is 15.3. The molecule has 2 atom stereocenters. The summed E-state index contributed by atoms with van der Waals surface area (Å²) in [6.45, 7) is 2.94. The van der Waals surface area contributed by atoms with Crippen molar-refractivity contribution in [2.75, 3.05) is 6.61 Å². The number of hydrogen-bond acceptors (Lipinski definition) is 1. The second-order valence-electron chi connectivity index (χ2n) is 5.97. The minimum Gasteiger partial charge on any atom is -0.378 e. The SMILES string of the molecule is CC1CCCC1OCCCCc1cccc(C(F)(F)F)c1. The highest BCUT2D eigenvalue weighted by atomic mass is 19.4. The molecule has 1 aliphatic carbocycles. The number of halogens is 3. The van der Waals surface area contributed by atoms with Crippen molar-refractivity contribution in [3.05, 3.63) is 35.4 Å². The summed E-state index contributed by atoms with van der Waals surface area (Å²) in [6, 6.07) is 5.61. The Balaban J connectivity index is 1.69. The van der Waals surface area contributed by atoms with Crippen LogP contribution in [0.4, 0.5) is 13.2 Å². The molecule has 0 spiro atoms. The molecule has 1 saturated carbocycles. The lowest BCUT2D eigenvalue weighted by Crippen LogP contribution is -2.16. The summed E-state index contributed by atoms with van der Waals surface area (Å²) in [5, 5.41) is 0. The van der Waals surface area contributed by atoms with Crippen molar-refractivity contribution in [3.8, 4) is 0 Å². The predicted octanol–water partition coefficient (Wildman–Crippen LogP) is 5.23. The molecule has 0 aromatic heterocycles. The molecule has 4 heteroatoms. The smallest absolute Gasteiger partial charge is 0.378 e. The average Bonchev–Trinajstić information content (AvgIpc) is 2.83. The van der Waals surface area contributed by atoms with E-state index in [1.165, 1.54) is 25.0 Å². The van der Waals surface area contributed by atoms with Crippen molar-refractivity contribution < 1.29 is 17.9 Å². The van der Waals surface area contributed by atoms with Crippen molar-refractivity contribution in [3.63, 3.8) is 0 Å². The first-order valence-electron chi connectivity index (χ1n) is 7.74. The Bertz CT molecular complexity index is 442. The van der Waals surface area contributed by atoms with Crippen LogP contribution in [-0.4, -0.2) is 12.7 Å². The molecule has 1 aromatic rings. The van der Waals surface area contributed by atoms with Gasteiger partial charge in [0.1, 0.15) is 0 Å². The predicted molar refractivity (Wildman–Crippen MR) is 77.1 cm³/mol. The van der Waals surface area contributed by atoms with E-state index in [-0.39, 0.29) is 0 Å². The first-order valence-corrected chi connectivity index (χ1v) is 7.74. The Morgan fingerprint density at radius 3 is 2.67 bits per heavy atom. The largest absolute Gasteiger partial charge is 0.416 e. The number of aryl methyl sites for hydroxylation is 1. The summed E-state index contributed by atoms with van der Waals surface area (Å²) in [7, 11) is 0. The maximum atomic E-state index is 12.6. The van der Waals surface area contributed by atoms with Gasteiger partial charge in [-0.15, -0.1) is 0 Å². The normalized spacial score (nSPS) is 22.7. The molecule has 21 heavy (non-hydrogen) atoms. The number of hydrogen-bond donors (Lipinski definition) is 0. The van der Waals surface area contributed by atoms with Gasteiger partial charge in [-0.25, -0.2) is 0 Å². The molecule has 0 bridgehead atoms. The van der Waals surface area contributed by atoms with E-state index in [9.17, 15) is 13.2 Å². The summed E-state index contributed by atoms with van der Waals surface area (Å²) in [6.07, 6.45) is 2.21. The summed E-state index contributed by atoms with van der Waals surface area (Å²) in [4.78, 5) is 0. The first kappa shape index (κ1) is 16.3. The van der Waals surface area contributed by atoms with E-state index in [1.807, 2.05) is 0 Å². The van der Waals surface area contributed by atoms with Crippen LogP contribution in [0.15, 0.2) is 24.3 Å². The first-order chi connectivity index (χ1) is 9.97. The van der Waals surface area contributed by atoms with Crippen LogP contribution in [-0.2, 0) is 17.3 Å². The van der Waals surface area contributed by atoms with Gasteiger partial charge in [0.25, 0.3) is 0 Å². The van der Waals surface area contributed by atoms with Gasteiger partial charge in [0.05, 0.1) is 11.7 Å². The summed E-state index contributed by atoms with van der Waals surface area (Å²) >= 11 is 0. The number of rotatable bonds is 6. The molecule has 2 rings (SSSR count). The van der Waals surface area contributed by atoms with Crippen molar-refractivity contribution in [1.29, 1.82) is 0 Å². The fraction of sp³-hybridized carbons (Fsp3) is 0.647. The van der Waals surface area contributed by atoms with Gasteiger partial charge in [0.15, 0.2) is 0 Å². The van der Waals surface area contributed by atoms with Crippen LogP contribution >= 0.6 is 0 Å².